The molecule has 0 bridgehead atoms. The molecule has 0 radical (unpaired) electrons. The van der Waals surface area contributed by atoms with E-state index in [1.165, 1.54) is 24.5 Å². The number of amides is 2. The molecule has 1 aromatic heterocycles. The number of carbonyl (C=O) groups excluding carboxylic acids is 3. The van der Waals surface area contributed by atoms with Gasteiger partial charge < -0.3 is 10.8 Å². The van der Waals surface area contributed by atoms with Gasteiger partial charge in [-0.3, -0.25) is 24.3 Å². The number of rotatable bonds is 5. The zero-order valence-electron chi connectivity index (χ0n) is 12.7. The summed E-state index contributed by atoms with van der Waals surface area (Å²) in [5.74, 6) is -1.84. The third kappa shape index (κ3) is 2.55. The van der Waals surface area contributed by atoms with Gasteiger partial charge in [-0.05, 0) is 18.2 Å². The number of pyridine rings is 1. The summed E-state index contributed by atoms with van der Waals surface area (Å²) in [6.07, 6.45) is 2.49. The number of aromatic nitrogens is 1. The molecule has 0 aliphatic carbocycles. The lowest BCUT2D eigenvalue weighted by atomic mass is 9.88. The number of benzene rings is 1. The lowest BCUT2D eigenvalue weighted by molar-refractivity contribution is -0.136. The second kappa shape index (κ2) is 5.86. The standard InChI is InChI=1S/C17H15N3O4/c18-15(22)10-20-13-4-2-1-3-12(13)17(24,16(20)23)9-14(21)11-5-7-19-8-6-11/h1-8,24H,9-10H2,(H2,18,22)/t17-/m0/s1. The number of carbonyl (C=O) groups is 3. The van der Waals surface area contributed by atoms with Crippen LogP contribution in [-0.4, -0.2) is 34.2 Å². The molecular formula is C17H15N3O4. The highest BCUT2D eigenvalue weighted by Gasteiger charge is 2.51. The average molecular weight is 325 g/mol. The number of nitrogens with zero attached hydrogens (tertiary/aromatic N) is 2. The predicted molar refractivity (Wildman–Crippen MR) is 85.1 cm³/mol. The summed E-state index contributed by atoms with van der Waals surface area (Å²) in [5.41, 5.74) is 4.18. The first kappa shape index (κ1) is 15.8. The minimum Gasteiger partial charge on any atom is -0.375 e. The number of ketones is 1. The molecule has 0 unspecified atom stereocenters. The second-order valence-electron chi connectivity index (χ2n) is 5.57. The molecule has 0 saturated carbocycles. The maximum Gasteiger partial charge on any atom is 0.264 e. The third-order valence-corrected chi connectivity index (χ3v) is 3.97. The van der Waals surface area contributed by atoms with Crippen molar-refractivity contribution in [3.63, 3.8) is 0 Å². The first-order chi connectivity index (χ1) is 11.4. The van der Waals surface area contributed by atoms with E-state index < -0.39 is 29.6 Å². The van der Waals surface area contributed by atoms with Crippen molar-refractivity contribution in [1.82, 2.24) is 4.98 Å². The number of aliphatic hydroxyl groups is 1. The summed E-state index contributed by atoms with van der Waals surface area (Å²) in [4.78, 5) is 41.3. The molecule has 3 rings (SSSR count). The van der Waals surface area contributed by atoms with Crippen LogP contribution in [0.25, 0.3) is 0 Å². The Morgan fingerprint density at radius 1 is 1.17 bits per heavy atom. The van der Waals surface area contributed by atoms with Crippen molar-refractivity contribution >= 4 is 23.3 Å². The highest BCUT2D eigenvalue weighted by molar-refractivity contribution is 6.12. The lowest BCUT2D eigenvalue weighted by Gasteiger charge is -2.22. The lowest BCUT2D eigenvalue weighted by Crippen LogP contribution is -2.44. The molecule has 1 aromatic carbocycles. The number of Topliss-reactive ketones (excluding diaryl/α,β-unsaturated/α-hetero) is 1. The predicted octanol–water partition coefficient (Wildman–Crippen LogP) is 0.374. The number of para-hydroxylation sites is 1. The summed E-state index contributed by atoms with van der Waals surface area (Å²) < 4.78 is 0. The van der Waals surface area contributed by atoms with Crippen molar-refractivity contribution in [2.45, 2.75) is 12.0 Å². The van der Waals surface area contributed by atoms with Crippen LogP contribution in [0.2, 0.25) is 0 Å². The van der Waals surface area contributed by atoms with E-state index in [0.717, 1.165) is 4.90 Å². The Morgan fingerprint density at radius 3 is 2.50 bits per heavy atom. The van der Waals surface area contributed by atoms with Crippen LogP contribution in [-0.2, 0) is 15.2 Å². The van der Waals surface area contributed by atoms with Crippen LogP contribution in [0.1, 0.15) is 22.3 Å². The van der Waals surface area contributed by atoms with Gasteiger partial charge in [-0.2, -0.15) is 0 Å². The van der Waals surface area contributed by atoms with Crippen LogP contribution in [0.4, 0.5) is 5.69 Å². The molecule has 7 heteroatoms. The quantitative estimate of drug-likeness (QED) is 0.771. The van der Waals surface area contributed by atoms with Crippen LogP contribution in [0.3, 0.4) is 0 Å². The summed E-state index contributed by atoms with van der Waals surface area (Å²) in [6.45, 7) is -0.360. The smallest absolute Gasteiger partial charge is 0.264 e. The van der Waals surface area contributed by atoms with E-state index in [0.29, 0.717) is 16.8 Å². The van der Waals surface area contributed by atoms with E-state index in [2.05, 4.69) is 4.98 Å². The first-order valence-electron chi connectivity index (χ1n) is 7.29. The van der Waals surface area contributed by atoms with E-state index in [4.69, 9.17) is 5.73 Å². The zero-order valence-corrected chi connectivity index (χ0v) is 12.7. The van der Waals surface area contributed by atoms with Gasteiger partial charge in [0.25, 0.3) is 5.91 Å². The Labute approximate surface area is 137 Å². The van der Waals surface area contributed by atoms with Gasteiger partial charge in [-0.15, -0.1) is 0 Å². The van der Waals surface area contributed by atoms with Gasteiger partial charge in [0.2, 0.25) is 5.91 Å². The molecule has 0 saturated heterocycles. The van der Waals surface area contributed by atoms with Crippen LogP contribution in [0.5, 0.6) is 0 Å². The van der Waals surface area contributed by atoms with Crippen molar-refractivity contribution in [3.05, 3.63) is 59.9 Å². The molecule has 1 atom stereocenters. The summed E-state index contributed by atoms with van der Waals surface area (Å²) >= 11 is 0. The fraction of sp³-hybridized carbons (Fsp3) is 0.176. The van der Waals surface area contributed by atoms with Crippen molar-refractivity contribution < 1.29 is 19.5 Å². The average Bonchev–Trinajstić information content (AvgIpc) is 2.78. The first-order valence-corrected chi connectivity index (χ1v) is 7.29. The van der Waals surface area contributed by atoms with E-state index in [1.54, 1.807) is 24.3 Å². The molecular weight excluding hydrogens is 310 g/mol. The van der Waals surface area contributed by atoms with E-state index in [9.17, 15) is 19.5 Å². The van der Waals surface area contributed by atoms with Gasteiger partial charge in [0.1, 0.15) is 6.54 Å². The summed E-state index contributed by atoms with van der Waals surface area (Å²) in [7, 11) is 0. The number of hydrogen-bond acceptors (Lipinski definition) is 5. The van der Waals surface area contributed by atoms with Crippen molar-refractivity contribution in [1.29, 1.82) is 0 Å². The minimum atomic E-state index is -2.02. The normalized spacial score (nSPS) is 19.2. The van der Waals surface area contributed by atoms with Gasteiger partial charge in [0.15, 0.2) is 11.4 Å². The summed E-state index contributed by atoms with van der Waals surface area (Å²) in [6, 6.07) is 9.52. The Kier molecular flexibility index (Phi) is 3.86. The molecule has 1 aliphatic rings. The molecule has 2 amide bonds. The molecule has 24 heavy (non-hydrogen) atoms. The minimum absolute atomic E-state index is 0.290. The fourth-order valence-corrected chi connectivity index (χ4v) is 2.86. The largest absolute Gasteiger partial charge is 0.375 e. The van der Waals surface area contributed by atoms with Gasteiger partial charge in [-0.25, -0.2) is 0 Å². The maximum atomic E-state index is 12.7. The van der Waals surface area contributed by atoms with Crippen molar-refractivity contribution in [3.8, 4) is 0 Å². The molecule has 0 spiro atoms. The third-order valence-electron chi connectivity index (χ3n) is 3.97. The molecule has 3 N–H and O–H groups in total. The number of fused-ring (bicyclic) bond motifs is 1. The zero-order chi connectivity index (χ0) is 17.3. The van der Waals surface area contributed by atoms with Crippen LogP contribution in [0.15, 0.2) is 48.8 Å². The molecule has 122 valence electrons. The van der Waals surface area contributed by atoms with E-state index in [-0.39, 0.29) is 6.54 Å². The van der Waals surface area contributed by atoms with Crippen molar-refractivity contribution in [2.24, 2.45) is 5.73 Å². The molecule has 2 heterocycles. The van der Waals surface area contributed by atoms with Crippen molar-refractivity contribution in [2.75, 3.05) is 11.4 Å². The van der Waals surface area contributed by atoms with E-state index >= 15 is 0 Å². The van der Waals surface area contributed by atoms with Crippen LogP contribution >= 0.6 is 0 Å². The highest BCUT2D eigenvalue weighted by atomic mass is 16.3. The van der Waals surface area contributed by atoms with Gasteiger partial charge in [0.05, 0.1) is 12.1 Å². The topological polar surface area (TPSA) is 114 Å². The maximum absolute atomic E-state index is 12.7. The van der Waals surface area contributed by atoms with Gasteiger partial charge in [-0.1, -0.05) is 18.2 Å². The Hall–Kier alpha value is -3.06. The van der Waals surface area contributed by atoms with Crippen LogP contribution < -0.4 is 10.6 Å². The Balaban J connectivity index is 1.98. The highest BCUT2D eigenvalue weighted by Crippen LogP contribution is 2.42. The van der Waals surface area contributed by atoms with E-state index in [1.807, 2.05) is 0 Å². The fourth-order valence-electron chi connectivity index (χ4n) is 2.86. The van der Waals surface area contributed by atoms with Crippen LogP contribution in [0, 0.1) is 0 Å². The summed E-state index contributed by atoms with van der Waals surface area (Å²) in [5, 5.41) is 10.9. The number of nitrogens with two attached hydrogens (primary N) is 1. The second-order valence-corrected chi connectivity index (χ2v) is 5.57. The Bertz CT molecular complexity index is 822. The SMILES string of the molecule is NC(=O)CN1C(=O)[C@](O)(CC(=O)c2ccncc2)c2ccccc21. The number of hydrogen-bond donors (Lipinski definition) is 2. The Morgan fingerprint density at radius 2 is 1.83 bits per heavy atom. The molecule has 7 nitrogen and oxygen atoms in total. The van der Waals surface area contributed by atoms with Gasteiger partial charge in [0, 0.05) is 23.5 Å². The molecule has 2 aromatic rings. The number of primary amides is 1. The number of anilines is 1. The monoisotopic (exact) mass is 325 g/mol. The molecule has 1 aliphatic heterocycles. The molecule has 0 fully saturated rings. The van der Waals surface area contributed by atoms with Gasteiger partial charge >= 0.3 is 0 Å².